The zero-order valence-electron chi connectivity index (χ0n) is 6.97. The highest BCUT2D eigenvalue weighted by atomic mass is 16.3. The van der Waals surface area contributed by atoms with Crippen LogP contribution in [0, 0.1) is 11.3 Å². The van der Waals surface area contributed by atoms with E-state index in [4.69, 9.17) is 10.4 Å². The van der Waals surface area contributed by atoms with Crippen molar-refractivity contribution in [3.63, 3.8) is 0 Å². The first kappa shape index (κ1) is 9.43. The number of hydrogen-bond donors (Lipinski definition) is 1. The van der Waals surface area contributed by atoms with Crippen LogP contribution in [0.3, 0.4) is 0 Å². The molecule has 1 unspecified atom stereocenters. The molecule has 0 aliphatic heterocycles. The molecule has 0 heterocycles. The Morgan fingerprint density at radius 1 is 1.46 bits per heavy atom. The lowest BCUT2D eigenvalue weighted by atomic mass is 9.97. The predicted molar refractivity (Wildman–Crippen MR) is 46.9 cm³/mol. The molecule has 0 spiro atoms. The molecule has 1 atom stereocenters. The molecule has 1 aromatic rings. The van der Waals surface area contributed by atoms with Crippen molar-refractivity contribution in [2.45, 2.75) is 5.92 Å². The Bertz CT molecular complexity index is 327. The molecule has 0 saturated carbocycles. The highest BCUT2D eigenvalue weighted by Crippen LogP contribution is 2.14. The van der Waals surface area contributed by atoms with Crippen molar-refractivity contribution in [1.82, 2.24) is 0 Å². The molecule has 1 rings (SSSR count). The summed E-state index contributed by atoms with van der Waals surface area (Å²) in [6.07, 6.45) is 0. The molecule has 0 aliphatic rings. The third kappa shape index (κ3) is 2.14. The molecule has 0 radical (unpaired) electrons. The van der Waals surface area contributed by atoms with Crippen molar-refractivity contribution in [3.8, 4) is 6.07 Å². The number of nitrogens with zero attached hydrogens (tertiary/aromatic N) is 1. The Labute approximate surface area is 76.2 Å². The quantitative estimate of drug-likeness (QED) is 0.741. The Kier molecular flexibility index (Phi) is 3.18. The second kappa shape index (κ2) is 4.39. The van der Waals surface area contributed by atoms with Crippen LogP contribution in [0.15, 0.2) is 30.3 Å². The first-order valence-electron chi connectivity index (χ1n) is 3.87. The average Bonchev–Trinajstić information content (AvgIpc) is 2.20. The van der Waals surface area contributed by atoms with Gasteiger partial charge in [0.05, 0.1) is 6.07 Å². The van der Waals surface area contributed by atoms with Gasteiger partial charge in [-0.2, -0.15) is 5.26 Å². The highest BCUT2D eigenvalue weighted by Gasteiger charge is 2.18. The molecule has 0 amide bonds. The van der Waals surface area contributed by atoms with Crippen LogP contribution in [0.4, 0.5) is 0 Å². The van der Waals surface area contributed by atoms with E-state index in [9.17, 15) is 4.79 Å². The van der Waals surface area contributed by atoms with Crippen molar-refractivity contribution < 1.29 is 9.90 Å². The third-order valence-corrected chi connectivity index (χ3v) is 1.74. The van der Waals surface area contributed by atoms with E-state index in [0.717, 1.165) is 0 Å². The molecule has 0 bridgehead atoms. The number of Topliss-reactive ketones (excluding diaryl/α,β-unsaturated/α-hetero) is 1. The molecule has 0 aliphatic carbocycles. The summed E-state index contributed by atoms with van der Waals surface area (Å²) >= 11 is 0. The number of benzene rings is 1. The van der Waals surface area contributed by atoms with Gasteiger partial charge in [0.1, 0.15) is 12.5 Å². The van der Waals surface area contributed by atoms with Crippen LogP contribution in [0.2, 0.25) is 0 Å². The number of aliphatic hydroxyl groups excluding tert-OH is 1. The second-order valence-corrected chi connectivity index (χ2v) is 2.60. The molecular formula is C10H9NO2. The van der Waals surface area contributed by atoms with Crippen molar-refractivity contribution in [3.05, 3.63) is 35.9 Å². The molecule has 1 aromatic carbocycles. The van der Waals surface area contributed by atoms with Gasteiger partial charge in [0.25, 0.3) is 0 Å². The maximum absolute atomic E-state index is 11.1. The van der Waals surface area contributed by atoms with E-state index in [1.165, 1.54) is 0 Å². The fraction of sp³-hybridized carbons (Fsp3) is 0.200. The van der Waals surface area contributed by atoms with Gasteiger partial charge in [-0.1, -0.05) is 30.3 Å². The minimum absolute atomic E-state index is 0.464. The SMILES string of the molecule is N#CC(C(=O)CO)c1ccccc1. The fourth-order valence-corrected chi connectivity index (χ4v) is 1.07. The highest BCUT2D eigenvalue weighted by molar-refractivity contribution is 5.89. The van der Waals surface area contributed by atoms with Crippen molar-refractivity contribution in [2.75, 3.05) is 6.61 Å². The van der Waals surface area contributed by atoms with Gasteiger partial charge in [-0.05, 0) is 5.56 Å². The summed E-state index contributed by atoms with van der Waals surface area (Å²) in [6, 6.07) is 10.6. The lowest BCUT2D eigenvalue weighted by Crippen LogP contribution is -2.14. The van der Waals surface area contributed by atoms with Gasteiger partial charge >= 0.3 is 0 Å². The maximum Gasteiger partial charge on any atom is 0.179 e. The minimum atomic E-state index is -0.841. The molecule has 1 N–H and O–H groups in total. The van der Waals surface area contributed by atoms with Crippen molar-refractivity contribution in [1.29, 1.82) is 5.26 Å². The summed E-state index contributed by atoms with van der Waals surface area (Å²) in [5.74, 6) is -1.31. The first-order valence-corrected chi connectivity index (χ1v) is 3.87. The Morgan fingerprint density at radius 2 is 2.08 bits per heavy atom. The zero-order valence-corrected chi connectivity index (χ0v) is 6.97. The zero-order chi connectivity index (χ0) is 9.68. The normalized spacial score (nSPS) is 11.7. The fourth-order valence-electron chi connectivity index (χ4n) is 1.07. The average molecular weight is 175 g/mol. The monoisotopic (exact) mass is 175 g/mol. The minimum Gasteiger partial charge on any atom is -0.389 e. The van der Waals surface area contributed by atoms with Crippen LogP contribution in [-0.2, 0) is 4.79 Å². The van der Waals surface area contributed by atoms with Gasteiger partial charge in [0.15, 0.2) is 5.78 Å². The summed E-state index contributed by atoms with van der Waals surface area (Å²) in [5.41, 5.74) is 0.629. The number of hydrogen-bond acceptors (Lipinski definition) is 3. The summed E-state index contributed by atoms with van der Waals surface area (Å²) in [5, 5.41) is 17.3. The molecule has 66 valence electrons. The van der Waals surface area contributed by atoms with Gasteiger partial charge in [-0.3, -0.25) is 4.79 Å². The van der Waals surface area contributed by atoms with Crippen LogP contribution in [0.25, 0.3) is 0 Å². The molecule has 3 nitrogen and oxygen atoms in total. The van der Waals surface area contributed by atoms with Crippen LogP contribution in [-0.4, -0.2) is 17.5 Å². The van der Waals surface area contributed by atoms with Gasteiger partial charge in [-0.25, -0.2) is 0 Å². The van der Waals surface area contributed by atoms with Gasteiger partial charge in [-0.15, -0.1) is 0 Å². The predicted octanol–water partition coefficient (Wildman–Crippen LogP) is 0.855. The smallest absolute Gasteiger partial charge is 0.179 e. The van der Waals surface area contributed by atoms with E-state index in [2.05, 4.69) is 0 Å². The Morgan fingerprint density at radius 3 is 2.54 bits per heavy atom. The Hall–Kier alpha value is -1.66. The van der Waals surface area contributed by atoms with Gasteiger partial charge < -0.3 is 5.11 Å². The van der Waals surface area contributed by atoms with Gasteiger partial charge in [0, 0.05) is 0 Å². The van der Waals surface area contributed by atoms with E-state index < -0.39 is 18.3 Å². The molecule has 13 heavy (non-hydrogen) atoms. The summed E-state index contributed by atoms with van der Waals surface area (Å²) in [7, 11) is 0. The van der Waals surface area contributed by atoms with Crippen molar-refractivity contribution in [2.24, 2.45) is 0 Å². The van der Waals surface area contributed by atoms with E-state index >= 15 is 0 Å². The molecule has 3 heteroatoms. The molecular weight excluding hydrogens is 166 g/mol. The molecule has 0 saturated heterocycles. The second-order valence-electron chi connectivity index (χ2n) is 2.60. The van der Waals surface area contributed by atoms with Crippen LogP contribution >= 0.6 is 0 Å². The number of nitriles is 1. The lowest BCUT2D eigenvalue weighted by molar-refractivity contribution is -0.122. The molecule has 0 fully saturated rings. The molecule has 0 aromatic heterocycles. The first-order chi connectivity index (χ1) is 6.29. The number of rotatable bonds is 3. The van der Waals surface area contributed by atoms with E-state index in [0.29, 0.717) is 5.56 Å². The van der Waals surface area contributed by atoms with Crippen molar-refractivity contribution >= 4 is 5.78 Å². The third-order valence-electron chi connectivity index (χ3n) is 1.74. The van der Waals surface area contributed by atoms with E-state index in [1.807, 2.05) is 6.07 Å². The van der Waals surface area contributed by atoms with Crippen LogP contribution in [0.1, 0.15) is 11.5 Å². The number of carbonyl (C=O) groups is 1. The van der Waals surface area contributed by atoms with E-state index in [-0.39, 0.29) is 0 Å². The van der Waals surface area contributed by atoms with Gasteiger partial charge in [0.2, 0.25) is 0 Å². The summed E-state index contributed by atoms with van der Waals surface area (Å²) < 4.78 is 0. The number of ketones is 1. The number of carbonyl (C=O) groups excluding carboxylic acids is 1. The summed E-state index contributed by atoms with van der Waals surface area (Å²) in [6.45, 7) is -0.590. The standard InChI is InChI=1S/C10H9NO2/c11-6-9(10(13)7-12)8-4-2-1-3-5-8/h1-5,9,12H,7H2. The summed E-state index contributed by atoms with van der Waals surface area (Å²) in [4.78, 5) is 11.1. The Balaban J connectivity index is 2.93. The van der Waals surface area contributed by atoms with E-state index in [1.54, 1.807) is 30.3 Å². The van der Waals surface area contributed by atoms with Crippen LogP contribution in [0.5, 0.6) is 0 Å². The van der Waals surface area contributed by atoms with Crippen LogP contribution < -0.4 is 0 Å². The number of aliphatic hydroxyl groups is 1. The largest absolute Gasteiger partial charge is 0.389 e. The topological polar surface area (TPSA) is 61.1 Å². The lowest BCUT2D eigenvalue weighted by Gasteiger charge is -2.04. The maximum atomic E-state index is 11.1.